The summed E-state index contributed by atoms with van der Waals surface area (Å²) in [6.07, 6.45) is 7.47. The van der Waals surface area contributed by atoms with E-state index < -0.39 is 0 Å². The van der Waals surface area contributed by atoms with E-state index in [0.29, 0.717) is 18.8 Å². The summed E-state index contributed by atoms with van der Waals surface area (Å²) in [6, 6.07) is 16.1. The number of nitrogens with zero attached hydrogens (tertiary/aromatic N) is 5. The summed E-state index contributed by atoms with van der Waals surface area (Å²) in [6.45, 7) is 2.45. The van der Waals surface area contributed by atoms with Crippen molar-refractivity contribution in [2.45, 2.75) is 44.9 Å². The first-order chi connectivity index (χ1) is 14.8. The van der Waals surface area contributed by atoms with Crippen LogP contribution in [0.25, 0.3) is 0 Å². The Kier molecular flexibility index (Phi) is 6.82. The summed E-state index contributed by atoms with van der Waals surface area (Å²) in [7, 11) is 0. The van der Waals surface area contributed by atoms with Crippen molar-refractivity contribution in [1.82, 2.24) is 24.9 Å². The molecule has 1 unspecified atom stereocenters. The Morgan fingerprint density at radius 2 is 2.03 bits per heavy atom. The van der Waals surface area contributed by atoms with Crippen LogP contribution in [0.1, 0.15) is 41.0 Å². The molecule has 1 saturated heterocycles. The smallest absolute Gasteiger partial charge is 0.276 e. The molecule has 0 saturated carbocycles. The van der Waals surface area contributed by atoms with Gasteiger partial charge in [-0.15, -0.1) is 5.10 Å². The quantitative estimate of drug-likeness (QED) is 0.547. The molecule has 3 heterocycles. The van der Waals surface area contributed by atoms with Crippen LogP contribution in [-0.4, -0.2) is 50.0 Å². The van der Waals surface area contributed by atoms with Crippen LogP contribution in [0, 0.1) is 0 Å². The normalized spacial score (nSPS) is 15.9. The van der Waals surface area contributed by atoms with Gasteiger partial charge in [-0.1, -0.05) is 41.6 Å². The van der Waals surface area contributed by atoms with Crippen LogP contribution < -0.4 is 0 Å². The Morgan fingerprint density at radius 1 is 1.17 bits per heavy atom. The summed E-state index contributed by atoms with van der Waals surface area (Å²) in [5.41, 5.74) is 2.51. The Hall–Kier alpha value is -3.06. The second-order valence-electron chi connectivity index (χ2n) is 7.60. The molecule has 0 spiro atoms. The predicted octanol–water partition coefficient (Wildman–Crippen LogP) is 3.13. The van der Waals surface area contributed by atoms with Gasteiger partial charge >= 0.3 is 0 Å². The van der Waals surface area contributed by atoms with Gasteiger partial charge in [-0.2, -0.15) is 0 Å². The van der Waals surface area contributed by atoms with E-state index in [1.165, 1.54) is 5.56 Å². The number of ether oxygens (including phenoxy) is 1. The number of hydrogen-bond donors (Lipinski definition) is 0. The minimum atomic E-state index is -0.134. The molecule has 0 aliphatic carbocycles. The number of amides is 1. The van der Waals surface area contributed by atoms with Crippen LogP contribution in [0.3, 0.4) is 0 Å². The van der Waals surface area contributed by atoms with Gasteiger partial charge in [0.15, 0.2) is 5.69 Å². The van der Waals surface area contributed by atoms with Gasteiger partial charge in [0.05, 0.1) is 24.5 Å². The lowest BCUT2D eigenvalue weighted by atomic mass is 10.1. The van der Waals surface area contributed by atoms with Crippen molar-refractivity contribution in [2.75, 3.05) is 13.2 Å². The van der Waals surface area contributed by atoms with E-state index in [1.54, 1.807) is 22.0 Å². The molecule has 156 valence electrons. The summed E-state index contributed by atoms with van der Waals surface area (Å²) in [5, 5.41) is 8.30. The molecule has 3 aromatic rings. The van der Waals surface area contributed by atoms with Crippen LogP contribution in [0.5, 0.6) is 0 Å². The van der Waals surface area contributed by atoms with E-state index in [1.807, 2.05) is 36.4 Å². The van der Waals surface area contributed by atoms with E-state index in [-0.39, 0.29) is 12.0 Å². The van der Waals surface area contributed by atoms with Gasteiger partial charge in [0.25, 0.3) is 5.91 Å². The fourth-order valence-corrected chi connectivity index (χ4v) is 3.70. The molecule has 1 fully saturated rings. The second-order valence-corrected chi connectivity index (χ2v) is 7.60. The van der Waals surface area contributed by atoms with Gasteiger partial charge in [0, 0.05) is 25.9 Å². The van der Waals surface area contributed by atoms with Crippen LogP contribution >= 0.6 is 0 Å². The van der Waals surface area contributed by atoms with Crippen molar-refractivity contribution in [2.24, 2.45) is 0 Å². The molecule has 7 heteroatoms. The van der Waals surface area contributed by atoms with Crippen LogP contribution in [0.4, 0.5) is 0 Å². The number of aromatic nitrogens is 4. The fourth-order valence-electron chi connectivity index (χ4n) is 3.70. The van der Waals surface area contributed by atoms with Gasteiger partial charge in [-0.3, -0.25) is 14.5 Å². The Labute approximate surface area is 176 Å². The van der Waals surface area contributed by atoms with Gasteiger partial charge in [0.2, 0.25) is 0 Å². The van der Waals surface area contributed by atoms with Gasteiger partial charge in [0.1, 0.15) is 0 Å². The maximum atomic E-state index is 13.2. The Balaban J connectivity index is 1.39. The first-order valence-corrected chi connectivity index (χ1v) is 10.5. The number of carbonyl (C=O) groups excluding carboxylic acids is 1. The van der Waals surface area contributed by atoms with Gasteiger partial charge < -0.3 is 9.64 Å². The molecule has 1 atom stereocenters. The molecule has 4 rings (SSSR count). The molecule has 0 N–H and O–H groups in total. The molecule has 0 bridgehead atoms. The summed E-state index contributed by atoms with van der Waals surface area (Å²) >= 11 is 0. The number of hydrogen-bond acceptors (Lipinski definition) is 5. The molecule has 1 aromatic carbocycles. The third-order valence-electron chi connectivity index (χ3n) is 5.27. The monoisotopic (exact) mass is 405 g/mol. The highest BCUT2D eigenvalue weighted by Gasteiger charge is 2.25. The van der Waals surface area contributed by atoms with Crippen molar-refractivity contribution in [3.8, 4) is 0 Å². The Morgan fingerprint density at radius 3 is 2.80 bits per heavy atom. The van der Waals surface area contributed by atoms with Crippen molar-refractivity contribution in [3.63, 3.8) is 0 Å². The lowest BCUT2D eigenvalue weighted by Gasteiger charge is -2.24. The van der Waals surface area contributed by atoms with Crippen molar-refractivity contribution in [3.05, 3.63) is 77.9 Å². The molecule has 1 aliphatic heterocycles. The molecule has 2 aromatic heterocycles. The first kappa shape index (κ1) is 20.2. The zero-order chi connectivity index (χ0) is 20.6. The SMILES string of the molecule is O=C(c1cn(CCCc2ccccc2)nn1)N(Cc1ccccn1)CC1CCCO1. The minimum absolute atomic E-state index is 0.0681. The molecular weight excluding hydrogens is 378 g/mol. The molecule has 30 heavy (non-hydrogen) atoms. The molecule has 1 amide bonds. The van der Waals surface area contributed by atoms with Gasteiger partial charge in [-0.25, -0.2) is 0 Å². The summed E-state index contributed by atoms with van der Waals surface area (Å²) < 4.78 is 7.50. The third kappa shape index (κ3) is 5.51. The molecule has 7 nitrogen and oxygen atoms in total. The van der Waals surface area contributed by atoms with Crippen LogP contribution in [-0.2, 0) is 24.2 Å². The lowest BCUT2D eigenvalue weighted by molar-refractivity contribution is 0.0500. The van der Waals surface area contributed by atoms with Crippen molar-refractivity contribution in [1.29, 1.82) is 0 Å². The number of rotatable bonds is 9. The van der Waals surface area contributed by atoms with Crippen LogP contribution in [0.15, 0.2) is 60.9 Å². The van der Waals surface area contributed by atoms with Crippen molar-refractivity contribution >= 4 is 5.91 Å². The highest BCUT2D eigenvalue weighted by atomic mass is 16.5. The molecule has 1 aliphatic rings. The maximum Gasteiger partial charge on any atom is 0.276 e. The van der Waals surface area contributed by atoms with E-state index in [2.05, 4.69) is 27.4 Å². The largest absolute Gasteiger partial charge is 0.376 e. The average Bonchev–Trinajstić information content (AvgIpc) is 3.47. The zero-order valence-electron chi connectivity index (χ0n) is 17.1. The average molecular weight is 406 g/mol. The molecule has 0 radical (unpaired) electrons. The number of carbonyl (C=O) groups is 1. The second kappa shape index (κ2) is 10.1. The Bertz CT molecular complexity index is 923. The predicted molar refractivity (Wildman–Crippen MR) is 113 cm³/mol. The minimum Gasteiger partial charge on any atom is -0.376 e. The highest BCUT2D eigenvalue weighted by Crippen LogP contribution is 2.16. The van der Waals surface area contributed by atoms with E-state index in [4.69, 9.17) is 4.74 Å². The standard InChI is InChI=1S/C23H27N5O2/c29-23(22-18-28(26-25-22)14-6-10-19-8-2-1-3-9-19)27(17-21-12-7-15-30-21)16-20-11-4-5-13-24-20/h1-5,8-9,11,13,18,21H,6-7,10,12,14-17H2. The van der Waals surface area contributed by atoms with Crippen molar-refractivity contribution < 1.29 is 9.53 Å². The number of pyridine rings is 1. The summed E-state index contributed by atoms with van der Waals surface area (Å²) in [4.78, 5) is 19.3. The van der Waals surface area contributed by atoms with E-state index in [0.717, 1.165) is 44.5 Å². The first-order valence-electron chi connectivity index (χ1n) is 10.5. The topological polar surface area (TPSA) is 73.1 Å². The fraction of sp³-hybridized carbons (Fsp3) is 0.391. The van der Waals surface area contributed by atoms with E-state index >= 15 is 0 Å². The lowest BCUT2D eigenvalue weighted by Crippen LogP contribution is -2.37. The third-order valence-corrected chi connectivity index (χ3v) is 5.27. The molecular formula is C23H27N5O2. The highest BCUT2D eigenvalue weighted by molar-refractivity contribution is 5.91. The summed E-state index contributed by atoms with van der Waals surface area (Å²) in [5.74, 6) is -0.134. The zero-order valence-corrected chi connectivity index (χ0v) is 17.1. The van der Waals surface area contributed by atoms with Crippen LogP contribution in [0.2, 0.25) is 0 Å². The van der Waals surface area contributed by atoms with Gasteiger partial charge in [-0.05, 0) is 43.4 Å². The number of aryl methyl sites for hydroxylation is 2. The van der Waals surface area contributed by atoms with E-state index in [9.17, 15) is 4.79 Å². The number of benzene rings is 1. The maximum absolute atomic E-state index is 13.2.